The van der Waals surface area contributed by atoms with Crippen LogP contribution in [0.25, 0.3) is 0 Å². The van der Waals surface area contributed by atoms with Crippen LogP contribution in [0.4, 0.5) is 5.69 Å². The molecule has 0 aliphatic rings. The molecule has 2 aromatic carbocycles. The fraction of sp³-hybridized carbons (Fsp3) is 0.176. The number of Topliss-reactive ketones (excluding diaryl/α,β-unsaturated/α-hetero) is 1. The largest absolute Gasteiger partial charge is 0.496 e. The minimum Gasteiger partial charge on any atom is -0.496 e. The van der Waals surface area contributed by atoms with Gasteiger partial charge in [-0.15, -0.1) is 0 Å². The predicted molar refractivity (Wildman–Crippen MR) is 91.8 cm³/mol. The van der Waals surface area contributed by atoms with E-state index in [-0.39, 0.29) is 18.1 Å². The molecule has 2 rings (SSSR count). The second-order valence-electron chi connectivity index (χ2n) is 4.93. The van der Waals surface area contributed by atoms with E-state index in [1.54, 1.807) is 36.4 Å². The van der Waals surface area contributed by atoms with E-state index in [1.165, 1.54) is 14.0 Å². The SMILES string of the molecule is COc1ccc(C(C)=O)cc1CC(=O)Nc1cc(Cl)ccc1Cl. The minimum absolute atomic E-state index is 0.0487. The van der Waals surface area contributed by atoms with E-state index in [1.807, 2.05) is 0 Å². The number of benzene rings is 2. The quantitative estimate of drug-likeness (QED) is 0.813. The maximum Gasteiger partial charge on any atom is 0.228 e. The number of methoxy groups -OCH3 is 1. The highest BCUT2D eigenvalue weighted by molar-refractivity contribution is 6.35. The molecule has 0 aliphatic carbocycles. The summed E-state index contributed by atoms with van der Waals surface area (Å²) in [5, 5.41) is 3.57. The standard InChI is InChI=1S/C17H15Cl2NO3/c1-10(21)11-3-6-16(23-2)12(7-11)8-17(22)20-15-9-13(18)4-5-14(15)19/h3-7,9H,8H2,1-2H3,(H,20,22). The molecular formula is C17H15Cl2NO3. The van der Waals surface area contributed by atoms with Crippen molar-refractivity contribution in [3.05, 3.63) is 57.6 Å². The molecule has 0 fully saturated rings. The summed E-state index contributed by atoms with van der Waals surface area (Å²) in [6.45, 7) is 1.47. The Hall–Kier alpha value is -2.04. The lowest BCUT2D eigenvalue weighted by Gasteiger charge is -2.11. The number of rotatable bonds is 5. The number of hydrogen-bond donors (Lipinski definition) is 1. The maximum absolute atomic E-state index is 12.2. The second-order valence-corrected chi connectivity index (χ2v) is 5.78. The van der Waals surface area contributed by atoms with Crippen LogP contribution >= 0.6 is 23.2 Å². The molecule has 0 saturated carbocycles. The van der Waals surface area contributed by atoms with Crippen molar-refractivity contribution in [2.45, 2.75) is 13.3 Å². The molecule has 23 heavy (non-hydrogen) atoms. The van der Waals surface area contributed by atoms with Crippen molar-refractivity contribution in [3.63, 3.8) is 0 Å². The minimum atomic E-state index is -0.284. The van der Waals surface area contributed by atoms with Crippen molar-refractivity contribution in [1.82, 2.24) is 0 Å². The van der Waals surface area contributed by atoms with Crippen LogP contribution < -0.4 is 10.1 Å². The molecule has 0 bridgehead atoms. The highest BCUT2D eigenvalue weighted by Crippen LogP contribution is 2.26. The molecule has 0 heterocycles. The number of anilines is 1. The van der Waals surface area contributed by atoms with Gasteiger partial charge >= 0.3 is 0 Å². The predicted octanol–water partition coefficient (Wildman–Crippen LogP) is 4.39. The van der Waals surface area contributed by atoms with Gasteiger partial charge < -0.3 is 10.1 Å². The Kier molecular flexibility index (Phi) is 5.64. The number of carbonyl (C=O) groups excluding carboxylic acids is 2. The number of ether oxygens (including phenoxy) is 1. The summed E-state index contributed by atoms with van der Waals surface area (Å²) in [6, 6.07) is 9.81. The summed E-state index contributed by atoms with van der Waals surface area (Å²) >= 11 is 11.9. The Morgan fingerprint density at radius 2 is 1.87 bits per heavy atom. The zero-order chi connectivity index (χ0) is 17.0. The number of halogens is 2. The van der Waals surface area contributed by atoms with Gasteiger partial charge in [-0.05, 0) is 43.3 Å². The highest BCUT2D eigenvalue weighted by atomic mass is 35.5. The van der Waals surface area contributed by atoms with Crippen molar-refractivity contribution in [2.75, 3.05) is 12.4 Å². The molecule has 0 saturated heterocycles. The number of ketones is 1. The van der Waals surface area contributed by atoms with Gasteiger partial charge in [0.05, 0.1) is 24.2 Å². The van der Waals surface area contributed by atoms with Crippen molar-refractivity contribution in [1.29, 1.82) is 0 Å². The van der Waals surface area contributed by atoms with Gasteiger partial charge in [-0.3, -0.25) is 9.59 Å². The van der Waals surface area contributed by atoms with E-state index in [4.69, 9.17) is 27.9 Å². The zero-order valence-electron chi connectivity index (χ0n) is 12.7. The van der Waals surface area contributed by atoms with Gasteiger partial charge in [-0.1, -0.05) is 23.2 Å². The van der Waals surface area contributed by atoms with Gasteiger partial charge in [-0.2, -0.15) is 0 Å². The fourth-order valence-electron chi connectivity index (χ4n) is 2.10. The molecule has 1 amide bonds. The van der Waals surface area contributed by atoms with Crippen LogP contribution in [0, 0.1) is 0 Å². The Morgan fingerprint density at radius 1 is 1.13 bits per heavy atom. The van der Waals surface area contributed by atoms with E-state index in [0.29, 0.717) is 32.6 Å². The average molecular weight is 352 g/mol. The molecule has 4 nitrogen and oxygen atoms in total. The van der Waals surface area contributed by atoms with Gasteiger partial charge in [0.2, 0.25) is 5.91 Å². The zero-order valence-corrected chi connectivity index (χ0v) is 14.2. The summed E-state index contributed by atoms with van der Waals surface area (Å²) in [7, 11) is 1.51. The molecule has 2 aromatic rings. The van der Waals surface area contributed by atoms with Gasteiger partial charge in [-0.25, -0.2) is 0 Å². The van der Waals surface area contributed by atoms with Crippen LogP contribution in [0.1, 0.15) is 22.8 Å². The smallest absolute Gasteiger partial charge is 0.228 e. The average Bonchev–Trinajstić information content (AvgIpc) is 2.50. The lowest BCUT2D eigenvalue weighted by molar-refractivity contribution is -0.115. The molecule has 0 radical (unpaired) electrons. The second kappa shape index (κ2) is 7.49. The Bertz CT molecular complexity index is 759. The molecule has 0 aromatic heterocycles. The Balaban J connectivity index is 2.21. The van der Waals surface area contributed by atoms with Crippen LogP contribution in [-0.2, 0) is 11.2 Å². The van der Waals surface area contributed by atoms with E-state index in [0.717, 1.165) is 0 Å². The lowest BCUT2D eigenvalue weighted by Crippen LogP contribution is -2.15. The molecule has 1 N–H and O–H groups in total. The van der Waals surface area contributed by atoms with E-state index in [9.17, 15) is 9.59 Å². The number of hydrogen-bond acceptors (Lipinski definition) is 3. The fourth-order valence-corrected chi connectivity index (χ4v) is 2.43. The molecule has 6 heteroatoms. The van der Waals surface area contributed by atoms with Crippen LogP contribution in [0.5, 0.6) is 5.75 Å². The first kappa shape index (κ1) is 17.3. The Labute approximate surface area is 144 Å². The monoisotopic (exact) mass is 351 g/mol. The molecule has 0 atom stereocenters. The third-order valence-electron chi connectivity index (χ3n) is 3.24. The van der Waals surface area contributed by atoms with Crippen molar-refractivity contribution >= 4 is 40.6 Å². The van der Waals surface area contributed by atoms with Crippen LogP contribution in [-0.4, -0.2) is 18.8 Å². The van der Waals surface area contributed by atoms with Crippen molar-refractivity contribution < 1.29 is 14.3 Å². The topological polar surface area (TPSA) is 55.4 Å². The van der Waals surface area contributed by atoms with E-state index < -0.39 is 0 Å². The summed E-state index contributed by atoms with van der Waals surface area (Å²) in [5.41, 5.74) is 1.58. The molecule has 0 spiro atoms. The molecule has 0 aliphatic heterocycles. The first-order valence-electron chi connectivity index (χ1n) is 6.83. The molecular weight excluding hydrogens is 337 g/mol. The van der Waals surface area contributed by atoms with E-state index >= 15 is 0 Å². The van der Waals surface area contributed by atoms with Gasteiger partial charge in [0.1, 0.15) is 5.75 Å². The molecule has 120 valence electrons. The normalized spacial score (nSPS) is 10.3. The van der Waals surface area contributed by atoms with Crippen LogP contribution in [0.3, 0.4) is 0 Å². The Morgan fingerprint density at radius 3 is 2.52 bits per heavy atom. The third-order valence-corrected chi connectivity index (χ3v) is 3.81. The lowest BCUT2D eigenvalue weighted by atomic mass is 10.0. The third kappa shape index (κ3) is 4.47. The summed E-state index contributed by atoms with van der Waals surface area (Å²) in [5.74, 6) is 0.183. The number of nitrogens with one attached hydrogen (secondary N) is 1. The van der Waals surface area contributed by atoms with Crippen molar-refractivity contribution in [2.24, 2.45) is 0 Å². The van der Waals surface area contributed by atoms with Gasteiger partial charge in [0.15, 0.2) is 5.78 Å². The van der Waals surface area contributed by atoms with Gasteiger partial charge in [0.25, 0.3) is 0 Å². The summed E-state index contributed by atoms with van der Waals surface area (Å²) in [4.78, 5) is 23.7. The highest BCUT2D eigenvalue weighted by Gasteiger charge is 2.13. The van der Waals surface area contributed by atoms with Crippen LogP contribution in [0.15, 0.2) is 36.4 Å². The first-order valence-corrected chi connectivity index (χ1v) is 7.59. The maximum atomic E-state index is 12.2. The summed E-state index contributed by atoms with van der Waals surface area (Å²) in [6.07, 6.45) is 0.0487. The van der Waals surface area contributed by atoms with Gasteiger partial charge in [0, 0.05) is 16.1 Å². The van der Waals surface area contributed by atoms with Crippen LogP contribution in [0.2, 0.25) is 10.0 Å². The van der Waals surface area contributed by atoms with Crippen molar-refractivity contribution in [3.8, 4) is 5.75 Å². The summed E-state index contributed by atoms with van der Waals surface area (Å²) < 4.78 is 5.24. The molecule has 0 unspecified atom stereocenters. The first-order chi connectivity index (χ1) is 10.9. The number of carbonyl (C=O) groups is 2. The number of amides is 1. The van der Waals surface area contributed by atoms with E-state index in [2.05, 4.69) is 5.32 Å².